The van der Waals surface area contributed by atoms with Crippen LogP contribution in [0.4, 0.5) is 0 Å². The highest BCUT2D eigenvalue weighted by Gasteiger charge is 2.15. The maximum atomic E-state index is 10.9. The quantitative estimate of drug-likeness (QED) is 0.350. The van der Waals surface area contributed by atoms with E-state index in [0.29, 0.717) is 6.61 Å². The molecule has 80 valence electrons. The van der Waals surface area contributed by atoms with Gasteiger partial charge in [0.2, 0.25) is 5.78 Å². The third kappa shape index (κ3) is 6.30. The Labute approximate surface area is 82.1 Å². The molecule has 5 heteroatoms. The number of Topliss-reactive ketones (excluding diaryl/α,β-unsaturated/α-hetero) is 2. The summed E-state index contributed by atoms with van der Waals surface area (Å²) in [6, 6.07) is 0. The van der Waals surface area contributed by atoms with Gasteiger partial charge >= 0.3 is 5.97 Å². The van der Waals surface area contributed by atoms with Gasteiger partial charge < -0.3 is 9.84 Å². The first-order valence-electron chi connectivity index (χ1n) is 4.43. The van der Waals surface area contributed by atoms with E-state index < -0.39 is 24.0 Å². The molecule has 0 fully saturated rings. The molecule has 0 radical (unpaired) electrons. The Bertz CT molecular complexity index is 221. The van der Waals surface area contributed by atoms with Gasteiger partial charge in [-0.05, 0) is 6.42 Å². The number of hydrogen-bond donors (Lipinski definition) is 1. The summed E-state index contributed by atoms with van der Waals surface area (Å²) in [5.41, 5.74) is 0. The lowest BCUT2D eigenvalue weighted by Gasteiger charge is -2.00. The lowest BCUT2D eigenvalue weighted by molar-refractivity contribution is -0.150. The van der Waals surface area contributed by atoms with Crippen molar-refractivity contribution in [2.75, 3.05) is 13.2 Å². The molecule has 0 saturated carbocycles. The number of carbonyl (C=O) groups is 3. The average Bonchev–Trinajstić information content (AvgIpc) is 2.12. The molecule has 0 aromatic rings. The molecule has 0 unspecified atom stereocenters. The molecule has 0 rings (SSSR count). The maximum absolute atomic E-state index is 10.9. The number of ether oxygens (including phenoxy) is 1. The van der Waals surface area contributed by atoms with E-state index in [0.717, 1.165) is 12.8 Å². The zero-order chi connectivity index (χ0) is 11.0. The lowest BCUT2D eigenvalue weighted by atomic mass is 10.2. The van der Waals surface area contributed by atoms with Crippen molar-refractivity contribution in [1.29, 1.82) is 0 Å². The summed E-state index contributed by atoms with van der Waals surface area (Å²) in [4.78, 5) is 31.5. The second kappa shape index (κ2) is 7.20. The first kappa shape index (κ1) is 12.8. The maximum Gasteiger partial charge on any atom is 0.372 e. The highest BCUT2D eigenvalue weighted by Crippen LogP contribution is 1.91. The van der Waals surface area contributed by atoms with Crippen LogP contribution in [0.25, 0.3) is 0 Å². The van der Waals surface area contributed by atoms with Crippen LogP contribution in [0.1, 0.15) is 26.2 Å². The van der Waals surface area contributed by atoms with Gasteiger partial charge in [-0.25, -0.2) is 4.79 Å². The Hall–Kier alpha value is -1.23. The molecule has 0 amide bonds. The number of hydrogen-bond acceptors (Lipinski definition) is 4. The van der Waals surface area contributed by atoms with Crippen molar-refractivity contribution in [3.8, 4) is 0 Å². The summed E-state index contributed by atoms with van der Waals surface area (Å²) in [5.74, 6) is -3.16. The molecule has 14 heavy (non-hydrogen) atoms. The topological polar surface area (TPSA) is 80.7 Å². The number of carboxylic acids is 1. The predicted molar refractivity (Wildman–Crippen MR) is 48.0 cm³/mol. The summed E-state index contributed by atoms with van der Waals surface area (Å²) < 4.78 is 4.92. The van der Waals surface area contributed by atoms with Crippen LogP contribution in [0.5, 0.6) is 0 Å². The summed E-state index contributed by atoms with van der Waals surface area (Å²) in [6.07, 6.45) is 1.23. The molecule has 0 aromatic carbocycles. The van der Waals surface area contributed by atoms with Crippen molar-refractivity contribution in [2.45, 2.75) is 26.2 Å². The fourth-order valence-corrected chi connectivity index (χ4v) is 0.738. The van der Waals surface area contributed by atoms with Gasteiger partial charge in [0.25, 0.3) is 0 Å². The number of carbonyl (C=O) groups excluding carboxylic acids is 2. The van der Waals surface area contributed by atoms with E-state index in [1.54, 1.807) is 0 Å². The summed E-state index contributed by atoms with van der Waals surface area (Å²) in [7, 11) is 0. The van der Waals surface area contributed by atoms with E-state index in [1.165, 1.54) is 0 Å². The van der Waals surface area contributed by atoms with Crippen LogP contribution in [0, 0.1) is 0 Å². The van der Waals surface area contributed by atoms with Crippen molar-refractivity contribution in [1.82, 2.24) is 0 Å². The second-order valence-electron chi connectivity index (χ2n) is 2.85. The third-order valence-corrected chi connectivity index (χ3v) is 1.50. The van der Waals surface area contributed by atoms with Gasteiger partial charge in [0.1, 0.15) is 6.61 Å². The molecule has 0 atom stereocenters. The molecule has 5 nitrogen and oxygen atoms in total. The molecule has 0 spiro atoms. The van der Waals surface area contributed by atoms with Gasteiger partial charge in [0.15, 0.2) is 5.78 Å². The van der Waals surface area contributed by atoms with Crippen LogP contribution < -0.4 is 0 Å². The zero-order valence-corrected chi connectivity index (χ0v) is 8.12. The van der Waals surface area contributed by atoms with Crippen molar-refractivity contribution in [2.24, 2.45) is 0 Å². The standard InChI is InChI=1S/C9H14O5/c1-2-3-4-14-6-7(10)5-8(11)9(12)13/h2-6H2,1H3,(H,12,13). The van der Waals surface area contributed by atoms with Crippen molar-refractivity contribution in [3.05, 3.63) is 0 Å². The number of carboxylic acid groups (broad SMARTS) is 1. The predicted octanol–water partition coefficient (Wildman–Crippen LogP) is 0.416. The van der Waals surface area contributed by atoms with Gasteiger partial charge in [-0.15, -0.1) is 0 Å². The fraction of sp³-hybridized carbons (Fsp3) is 0.667. The first-order chi connectivity index (χ1) is 6.57. The SMILES string of the molecule is CCCCOCC(=O)CC(=O)C(=O)O. The molecule has 0 bridgehead atoms. The van der Waals surface area contributed by atoms with E-state index in [-0.39, 0.29) is 6.61 Å². The normalized spacial score (nSPS) is 9.79. The molecule has 0 heterocycles. The number of rotatable bonds is 8. The minimum atomic E-state index is -1.58. The average molecular weight is 202 g/mol. The Kier molecular flexibility index (Phi) is 6.57. The molecule has 0 saturated heterocycles. The monoisotopic (exact) mass is 202 g/mol. The smallest absolute Gasteiger partial charge is 0.372 e. The van der Waals surface area contributed by atoms with Crippen molar-refractivity contribution in [3.63, 3.8) is 0 Å². The largest absolute Gasteiger partial charge is 0.475 e. The Balaban J connectivity index is 3.56. The van der Waals surface area contributed by atoms with Crippen LogP contribution in [-0.2, 0) is 19.1 Å². The van der Waals surface area contributed by atoms with Gasteiger partial charge in [0, 0.05) is 6.61 Å². The Morgan fingerprint density at radius 2 is 1.93 bits per heavy atom. The van der Waals surface area contributed by atoms with Gasteiger partial charge in [-0.1, -0.05) is 13.3 Å². The van der Waals surface area contributed by atoms with E-state index in [2.05, 4.69) is 0 Å². The number of aliphatic carboxylic acids is 1. The molecule has 1 N–H and O–H groups in total. The van der Waals surface area contributed by atoms with Crippen LogP contribution in [0.2, 0.25) is 0 Å². The van der Waals surface area contributed by atoms with Crippen LogP contribution in [0.3, 0.4) is 0 Å². The highest BCUT2D eigenvalue weighted by molar-refractivity contribution is 6.36. The van der Waals surface area contributed by atoms with E-state index >= 15 is 0 Å². The van der Waals surface area contributed by atoms with Gasteiger partial charge in [-0.2, -0.15) is 0 Å². The van der Waals surface area contributed by atoms with Gasteiger partial charge in [0.05, 0.1) is 6.42 Å². The van der Waals surface area contributed by atoms with Crippen molar-refractivity contribution >= 4 is 17.5 Å². The molecular formula is C9H14O5. The highest BCUT2D eigenvalue weighted by atomic mass is 16.5. The van der Waals surface area contributed by atoms with E-state index in [4.69, 9.17) is 9.84 Å². The van der Waals surface area contributed by atoms with Crippen LogP contribution in [0.15, 0.2) is 0 Å². The molecule has 0 aliphatic carbocycles. The molecular weight excluding hydrogens is 188 g/mol. The number of ketones is 2. The Morgan fingerprint density at radius 1 is 1.29 bits per heavy atom. The van der Waals surface area contributed by atoms with Crippen LogP contribution in [-0.4, -0.2) is 35.9 Å². The molecule has 0 aromatic heterocycles. The molecule has 0 aliphatic heterocycles. The molecule has 0 aliphatic rings. The summed E-state index contributed by atoms with van der Waals surface area (Å²) >= 11 is 0. The van der Waals surface area contributed by atoms with E-state index in [9.17, 15) is 14.4 Å². The second-order valence-corrected chi connectivity index (χ2v) is 2.85. The first-order valence-corrected chi connectivity index (χ1v) is 4.43. The van der Waals surface area contributed by atoms with E-state index in [1.807, 2.05) is 6.92 Å². The lowest BCUT2D eigenvalue weighted by Crippen LogP contribution is -2.20. The van der Waals surface area contributed by atoms with Crippen molar-refractivity contribution < 1.29 is 24.2 Å². The summed E-state index contributed by atoms with van der Waals surface area (Å²) in [6.45, 7) is 2.27. The van der Waals surface area contributed by atoms with Crippen LogP contribution >= 0.6 is 0 Å². The Morgan fingerprint density at radius 3 is 2.43 bits per heavy atom. The van der Waals surface area contributed by atoms with Gasteiger partial charge in [-0.3, -0.25) is 9.59 Å². The minimum Gasteiger partial charge on any atom is -0.475 e. The minimum absolute atomic E-state index is 0.182. The fourth-order valence-electron chi connectivity index (χ4n) is 0.738. The third-order valence-electron chi connectivity index (χ3n) is 1.50. The summed E-state index contributed by atoms with van der Waals surface area (Å²) in [5, 5.41) is 8.20. The zero-order valence-electron chi connectivity index (χ0n) is 8.12. The number of unbranched alkanes of at least 4 members (excludes halogenated alkanes) is 1.